The van der Waals surface area contributed by atoms with Gasteiger partial charge >= 0.3 is 0 Å². The predicted molar refractivity (Wildman–Crippen MR) is 68.4 cm³/mol. The molecule has 2 heteroatoms. The molecule has 0 amide bonds. The molecule has 1 aliphatic rings. The molecule has 2 nitrogen and oxygen atoms in total. The van der Waals surface area contributed by atoms with Crippen LogP contribution in [0, 0.1) is 0 Å². The van der Waals surface area contributed by atoms with E-state index in [4.69, 9.17) is 0 Å². The first kappa shape index (κ1) is 11.7. The number of rotatable bonds is 3. The number of nitrogens with one attached hydrogen (secondary N) is 1. The van der Waals surface area contributed by atoms with Crippen molar-refractivity contribution in [3.8, 4) is 0 Å². The lowest BCUT2D eigenvalue weighted by molar-refractivity contribution is 0.386. The third-order valence-electron chi connectivity index (χ3n) is 3.73. The SMILES string of the molecule is Cn1cccc1CNC1CCCCCCC1. The Kier molecular flexibility index (Phi) is 4.46. The summed E-state index contributed by atoms with van der Waals surface area (Å²) in [6, 6.07) is 5.07. The van der Waals surface area contributed by atoms with Crippen molar-refractivity contribution < 1.29 is 0 Å². The van der Waals surface area contributed by atoms with Gasteiger partial charge in [-0.2, -0.15) is 0 Å². The van der Waals surface area contributed by atoms with E-state index in [1.807, 2.05) is 0 Å². The lowest BCUT2D eigenvalue weighted by Gasteiger charge is -2.21. The molecule has 0 spiro atoms. The van der Waals surface area contributed by atoms with Gasteiger partial charge in [0.15, 0.2) is 0 Å². The average Bonchev–Trinajstić information content (AvgIpc) is 2.63. The van der Waals surface area contributed by atoms with Crippen molar-refractivity contribution in [3.63, 3.8) is 0 Å². The number of aryl methyl sites for hydroxylation is 1. The van der Waals surface area contributed by atoms with Gasteiger partial charge < -0.3 is 9.88 Å². The molecule has 0 aromatic carbocycles. The maximum Gasteiger partial charge on any atom is 0.0361 e. The van der Waals surface area contributed by atoms with Crippen LogP contribution in [0.4, 0.5) is 0 Å². The lowest BCUT2D eigenvalue weighted by atomic mass is 9.97. The Labute approximate surface area is 99.0 Å². The number of nitrogens with zero attached hydrogens (tertiary/aromatic N) is 1. The zero-order valence-electron chi connectivity index (χ0n) is 10.4. The van der Waals surface area contributed by atoms with Crippen LogP contribution >= 0.6 is 0 Å². The van der Waals surface area contributed by atoms with Gasteiger partial charge in [0.25, 0.3) is 0 Å². The Hall–Kier alpha value is -0.760. The molecule has 1 aromatic heterocycles. The Morgan fingerprint density at radius 3 is 2.50 bits per heavy atom. The van der Waals surface area contributed by atoms with Gasteiger partial charge in [0.2, 0.25) is 0 Å². The molecule has 1 N–H and O–H groups in total. The molecule has 0 bridgehead atoms. The van der Waals surface area contributed by atoms with Crippen LogP contribution in [0.1, 0.15) is 50.6 Å². The topological polar surface area (TPSA) is 17.0 Å². The van der Waals surface area contributed by atoms with Crippen LogP contribution in [0.2, 0.25) is 0 Å². The zero-order chi connectivity index (χ0) is 11.2. The van der Waals surface area contributed by atoms with Crippen molar-refractivity contribution in [2.24, 2.45) is 7.05 Å². The second-order valence-electron chi connectivity index (χ2n) is 5.03. The highest BCUT2D eigenvalue weighted by molar-refractivity contribution is 5.06. The van der Waals surface area contributed by atoms with Crippen LogP contribution in [0.3, 0.4) is 0 Å². The standard InChI is InChI=1S/C14H24N2/c1-16-11-7-10-14(16)12-15-13-8-5-3-2-4-6-9-13/h7,10-11,13,15H,2-6,8-9,12H2,1H3. The summed E-state index contributed by atoms with van der Waals surface area (Å²) in [6.45, 7) is 1.02. The van der Waals surface area contributed by atoms with E-state index in [9.17, 15) is 0 Å². The fraction of sp³-hybridized carbons (Fsp3) is 0.714. The molecule has 1 aromatic rings. The van der Waals surface area contributed by atoms with E-state index >= 15 is 0 Å². The highest BCUT2D eigenvalue weighted by Gasteiger charge is 2.10. The third kappa shape index (κ3) is 3.38. The van der Waals surface area contributed by atoms with Crippen LogP contribution in [0.15, 0.2) is 18.3 Å². The normalized spacial score (nSPS) is 19.3. The first-order chi connectivity index (χ1) is 7.86. The second-order valence-corrected chi connectivity index (χ2v) is 5.03. The van der Waals surface area contributed by atoms with Crippen LogP contribution < -0.4 is 5.32 Å². The smallest absolute Gasteiger partial charge is 0.0361 e. The minimum Gasteiger partial charge on any atom is -0.353 e. The molecule has 0 unspecified atom stereocenters. The Morgan fingerprint density at radius 1 is 1.19 bits per heavy atom. The molecule has 0 atom stereocenters. The van der Waals surface area contributed by atoms with Gasteiger partial charge in [-0.05, 0) is 25.0 Å². The molecule has 1 aliphatic carbocycles. The Bertz CT molecular complexity index is 295. The molecular weight excluding hydrogens is 196 g/mol. The van der Waals surface area contributed by atoms with Gasteiger partial charge in [0.1, 0.15) is 0 Å². The highest BCUT2D eigenvalue weighted by Crippen LogP contribution is 2.17. The fourth-order valence-electron chi connectivity index (χ4n) is 2.59. The largest absolute Gasteiger partial charge is 0.353 e. The van der Waals surface area contributed by atoms with Gasteiger partial charge in [-0.1, -0.05) is 32.1 Å². The molecule has 0 aliphatic heterocycles. The molecule has 0 saturated heterocycles. The molecular formula is C14H24N2. The maximum atomic E-state index is 3.71. The van der Waals surface area contributed by atoms with E-state index in [2.05, 4.69) is 35.3 Å². The second kappa shape index (κ2) is 6.09. The van der Waals surface area contributed by atoms with Crippen molar-refractivity contribution >= 4 is 0 Å². The summed E-state index contributed by atoms with van der Waals surface area (Å²) in [4.78, 5) is 0. The van der Waals surface area contributed by atoms with Crippen LogP contribution in [0.5, 0.6) is 0 Å². The molecule has 1 fully saturated rings. The van der Waals surface area contributed by atoms with Crippen LogP contribution in [0.25, 0.3) is 0 Å². The van der Waals surface area contributed by atoms with Gasteiger partial charge in [-0.25, -0.2) is 0 Å². The molecule has 2 rings (SSSR count). The first-order valence-electron chi connectivity index (χ1n) is 6.70. The summed E-state index contributed by atoms with van der Waals surface area (Å²) in [5.74, 6) is 0. The monoisotopic (exact) mass is 220 g/mol. The summed E-state index contributed by atoms with van der Waals surface area (Å²) >= 11 is 0. The van der Waals surface area contributed by atoms with Crippen molar-refractivity contribution in [1.29, 1.82) is 0 Å². The van der Waals surface area contributed by atoms with Crippen LogP contribution in [-0.4, -0.2) is 10.6 Å². The summed E-state index contributed by atoms with van der Waals surface area (Å²) < 4.78 is 2.20. The van der Waals surface area contributed by atoms with E-state index in [1.165, 1.54) is 50.6 Å². The molecule has 1 heterocycles. The maximum absolute atomic E-state index is 3.71. The average molecular weight is 220 g/mol. The molecule has 0 radical (unpaired) electrons. The minimum absolute atomic E-state index is 0.746. The predicted octanol–water partition coefficient (Wildman–Crippen LogP) is 3.23. The van der Waals surface area contributed by atoms with E-state index in [1.54, 1.807) is 0 Å². The van der Waals surface area contributed by atoms with Crippen LogP contribution in [-0.2, 0) is 13.6 Å². The van der Waals surface area contributed by atoms with Crippen molar-refractivity contribution in [3.05, 3.63) is 24.0 Å². The molecule has 90 valence electrons. The summed E-state index contributed by atoms with van der Waals surface area (Å²) in [6.07, 6.45) is 12.0. The fourth-order valence-corrected chi connectivity index (χ4v) is 2.59. The van der Waals surface area contributed by atoms with Gasteiger partial charge in [0.05, 0.1) is 0 Å². The third-order valence-corrected chi connectivity index (χ3v) is 3.73. The quantitative estimate of drug-likeness (QED) is 0.827. The van der Waals surface area contributed by atoms with E-state index in [-0.39, 0.29) is 0 Å². The van der Waals surface area contributed by atoms with E-state index in [0.29, 0.717) is 0 Å². The van der Waals surface area contributed by atoms with Crippen molar-refractivity contribution in [2.75, 3.05) is 0 Å². The van der Waals surface area contributed by atoms with Crippen molar-refractivity contribution in [1.82, 2.24) is 9.88 Å². The lowest BCUT2D eigenvalue weighted by Crippen LogP contribution is -2.29. The van der Waals surface area contributed by atoms with E-state index in [0.717, 1.165) is 12.6 Å². The zero-order valence-corrected chi connectivity index (χ0v) is 10.4. The van der Waals surface area contributed by atoms with Crippen molar-refractivity contribution in [2.45, 2.75) is 57.5 Å². The van der Waals surface area contributed by atoms with Gasteiger partial charge in [0, 0.05) is 31.5 Å². The Morgan fingerprint density at radius 2 is 1.88 bits per heavy atom. The molecule has 1 saturated carbocycles. The summed E-state index contributed by atoms with van der Waals surface area (Å²) in [7, 11) is 2.12. The minimum atomic E-state index is 0.746. The van der Waals surface area contributed by atoms with Gasteiger partial charge in [-0.15, -0.1) is 0 Å². The van der Waals surface area contributed by atoms with Gasteiger partial charge in [-0.3, -0.25) is 0 Å². The Balaban J connectivity index is 1.77. The summed E-state index contributed by atoms with van der Waals surface area (Å²) in [5.41, 5.74) is 1.39. The van der Waals surface area contributed by atoms with E-state index < -0.39 is 0 Å². The summed E-state index contributed by atoms with van der Waals surface area (Å²) in [5, 5.41) is 3.71. The number of hydrogen-bond acceptors (Lipinski definition) is 1. The number of hydrogen-bond donors (Lipinski definition) is 1. The molecule has 16 heavy (non-hydrogen) atoms. The number of aromatic nitrogens is 1. The first-order valence-corrected chi connectivity index (χ1v) is 6.70. The highest BCUT2D eigenvalue weighted by atomic mass is 15.0.